The number of hydrogen-bond acceptors (Lipinski definition) is 8. The van der Waals surface area contributed by atoms with E-state index in [0.29, 0.717) is 56.4 Å². The first-order valence-electron chi connectivity index (χ1n) is 16.8. The van der Waals surface area contributed by atoms with E-state index in [-0.39, 0.29) is 17.9 Å². The van der Waals surface area contributed by atoms with Crippen molar-refractivity contribution in [3.63, 3.8) is 0 Å². The Morgan fingerprint density at radius 3 is 2.21 bits per heavy atom. The van der Waals surface area contributed by atoms with E-state index in [0.717, 1.165) is 63.7 Å². The van der Waals surface area contributed by atoms with Gasteiger partial charge < -0.3 is 19.9 Å². The Kier molecular flexibility index (Phi) is 11.2. The average molecular weight is 670 g/mol. The van der Waals surface area contributed by atoms with Crippen molar-refractivity contribution in [2.45, 2.75) is 64.8 Å². The van der Waals surface area contributed by atoms with Crippen molar-refractivity contribution in [1.29, 1.82) is 5.26 Å². The highest BCUT2D eigenvalue weighted by Gasteiger charge is 2.35. The fraction of sp³-hybridized carbons (Fsp3) is 0.600. The molecule has 2 aromatic rings. The molecule has 3 saturated heterocycles. The largest absolute Gasteiger partial charge is 0.444 e. The molecule has 0 atom stereocenters. The van der Waals surface area contributed by atoms with Crippen LogP contribution in [0.1, 0.15) is 63.1 Å². The van der Waals surface area contributed by atoms with Gasteiger partial charge in [-0.1, -0.05) is 6.07 Å². The summed E-state index contributed by atoms with van der Waals surface area (Å²) in [6.45, 7) is 13.6. The van der Waals surface area contributed by atoms with Crippen LogP contribution in [0.4, 0.5) is 29.5 Å². The minimum atomic E-state index is -4.61. The number of carbonyl (C=O) groups is 2. The highest BCUT2D eigenvalue weighted by molar-refractivity contribution is 5.91. The number of aromatic nitrogens is 1. The lowest BCUT2D eigenvalue weighted by Crippen LogP contribution is -2.51. The van der Waals surface area contributed by atoms with E-state index in [1.54, 1.807) is 17.2 Å². The van der Waals surface area contributed by atoms with Gasteiger partial charge in [-0.15, -0.1) is 0 Å². The zero-order valence-corrected chi connectivity index (χ0v) is 28.1. The first kappa shape index (κ1) is 35.4. The Hall–Kier alpha value is -3.89. The van der Waals surface area contributed by atoms with Crippen molar-refractivity contribution >= 4 is 23.5 Å². The third-order valence-electron chi connectivity index (χ3n) is 9.39. The Labute approximate surface area is 280 Å². The summed E-state index contributed by atoms with van der Waals surface area (Å²) in [6.07, 6.45) is 0.227. The minimum absolute atomic E-state index is 0.140. The van der Waals surface area contributed by atoms with Crippen molar-refractivity contribution in [3.8, 4) is 6.07 Å². The molecule has 5 rings (SSSR count). The quantitative estimate of drug-likeness (QED) is 0.407. The molecule has 1 N–H and O–H groups in total. The van der Waals surface area contributed by atoms with Gasteiger partial charge in [0, 0.05) is 70.2 Å². The molecule has 10 nitrogen and oxygen atoms in total. The van der Waals surface area contributed by atoms with Gasteiger partial charge in [-0.05, 0) is 95.3 Å². The molecule has 4 heterocycles. The Bertz CT molecular complexity index is 1450. The van der Waals surface area contributed by atoms with Gasteiger partial charge in [0.2, 0.25) is 5.91 Å². The molecule has 0 aliphatic carbocycles. The van der Waals surface area contributed by atoms with Crippen LogP contribution < -0.4 is 10.2 Å². The van der Waals surface area contributed by atoms with Crippen LogP contribution in [0.5, 0.6) is 0 Å². The Balaban J connectivity index is 1.01. The number of nitriles is 1. The molecule has 1 aromatic carbocycles. The number of rotatable bonds is 7. The number of piperidine rings is 2. The number of carbonyl (C=O) groups excluding carboxylic acids is 2. The van der Waals surface area contributed by atoms with Gasteiger partial charge in [0.05, 0.1) is 17.2 Å². The summed E-state index contributed by atoms with van der Waals surface area (Å²) in [5.74, 6) is 0.717. The molecule has 0 bridgehead atoms. The maximum Gasteiger partial charge on any atom is 0.417 e. The van der Waals surface area contributed by atoms with Gasteiger partial charge in [-0.2, -0.15) is 18.4 Å². The fourth-order valence-corrected chi connectivity index (χ4v) is 6.67. The number of likely N-dealkylation sites (tertiary alicyclic amines) is 1. The van der Waals surface area contributed by atoms with E-state index >= 15 is 0 Å². The molecular weight excluding hydrogens is 623 g/mol. The lowest BCUT2D eigenvalue weighted by atomic mass is 9.95. The maximum atomic E-state index is 13.4. The summed E-state index contributed by atoms with van der Waals surface area (Å²) >= 11 is 0. The number of ether oxygens (including phenoxy) is 1. The summed E-state index contributed by atoms with van der Waals surface area (Å²) < 4.78 is 45.7. The number of piperazine rings is 1. The normalized spacial score (nSPS) is 19.2. The molecule has 0 radical (unpaired) electrons. The molecule has 3 aliphatic heterocycles. The molecule has 0 spiro atoms. The minimum Gasteiger partial charge on any atom is -0.444 e. The molecule has 3 aliphatic rings. The number of halogens is 3. The van der Waals surface area contributed by atoms with Crippen molar-refractivity contribution in [1.82, 2.24) is 19.7 Å². The number of amides is 2. The third-order valence-corrected chi connectivity index (χ3v) is 9.39. The van der Waals surface area contributed by atoms with Crippen molar-refractivity contribution in [2.75, 3.05) is 69.1 Å². The second kappa shape index (κ2) is 15.1. The number of alkyl halides is 3. The Morgan fingerprint density at radius 1 is 0.938 bits per heavy atom. The first-order chi connectivity index (χ1) is 22.8. The van der Waals surface area contributed by atoms with Crippen molar-refractivity contribution in [2.24, 2.45) is 11.8 Å². The van der Waals surface area contributed by atoms with Crippen molar-refractivity contribution in [3.05, 3.63) is 53.2 Å². The van der Waals surface area contributed by atoms with Gasteiger partial charge >= 0.3 is 12.3 Å². The Morgan fingerprint density at radius 2 is 1.62 bits per heavy atom. The standard InChI is InChI=1S/C35H46F3N7O3/c1-34(2,3)48-33(47)45-18-16-43(17-19-45)23-25-8-12-42(13-9-25)24-26-4-7-31(40-22-26)41-32(46)27-10-14-44(15-11-27)29-6-5-28(21-39)30(20-29)35(36,37)38/h4-7,20,22,25,27H,8-19,23-24H2,1-3H3,(H,40,41,46). The molecule has 0 saturated carbocycles. The smallest absolute Gasteiger partial charge is 0.417 e. The van der Waals surface area contributed by atoms with E-state index in [1.807, 2.05) is 37.8 Å². The van der Waals surface area contributed by atoms with Gasteiger partial charge in [0.1, 0.15) is 11.4 Å². The number of hydrogen-bond donors (Lipinski definition) is 1. The van der Waals surface area contributed by atoms with Crippen LogP contribution in [-0.4, -0.2) is 96.2 Å². The number of anilines is 2. The number of pyridine rings is 1. The number of benzene rings is 1. The van der Waals surface area contributed by atoms with Gasteiger partial charge in [0.15, 0.2) is 0 Å². The predicted octanol–water partition coefficient (Wildman–Crippen LogP) is 5.59. The van der Waals surface area contributed by atoms with E-state index in [9.17, 15) is 22.8 Å². The fourth-order valence-electron chi connectivity index (χ4n) is 6.67. The summed E-state index contributed by atoms with van der Waals surface area (Å²) in [6, 6.07) is 9.17. The molecule has 1 aromatic heterocycles. The summed E-state index contributed by atoms with van der Waals surface area (Å²) in [5, 5.41) is 12.0. The lowest BCUT2D eigenvalue weighted by Gasteiger charge is -2.39. The van der Waals surface area contributed by atoms with Gasteiger partial charge in [0.25, 0.3) is 0 Å². The monoisotopic (exact) mass is 669 g/mol. The summed E-state index contributed by atoms with van der Waals surface area (Å²) in [7, 11) is 0. The lowest BCUT2D eigenvalue weighted by molar-refractivity contribution is -0.137. The van der Waals surface area contributed by atoms with Crippen LogP contribution in [0.15, 0.2) is 36.5 Å². The molecular formula is C35H46F3N7O3. The molecule has 0 unspecified atom stereocenters. The van der Waals surface area contributed by atoms with E-state index in [2.05, 4.69) is 20.1 Å². The van der Waals surface area contributed by atoms with E-state index in [4.69, 9.17) is 10.00 Å². The van der Waals surface area contributed by atoms with Gasteiger partial charge in [-0.25, -0.2) is 9.78 Å². The number of nitrogens with zero attached hydrogens (tertiary/aromatic N) is 6. The summed E-state index contributed by atoms with van der Waals surface area (Å²) in [5.41, 5.74) is -0.336. The van der Waals surface area contributed by atoms with Crippen LogP contribution in [0.25, 0.3) is 0 Å². The highest BCUT2D eigenvalue weighted by Crippen LogP contribution is 2.35. The molecule has 260 valence electrons. The molecule has 3 fully saturated rings. The zero-order valence-electron chi connectivity index (χ0n) is 28.1. The predicted molar refractivity (Wildman–Crippen MR) is 176 cm³/mol. The first-order valence-corrected chi connectivity index (χ1v) is 16.8. The second-order valence-electron chi connectivity index (χ2n) is 14.1. The number of nitrogens with one attached hydrogen (secondary N) is 1. The zero-order chi connectivity index (χ0) is 34.5. The summed E-state index contributed by atoms with van der Waals surface area (Å²) in [4.78, 5) is 38.3. The topological polar surface area (TPSA) is 105 Å². The third kappa shape index (κ3) is 9.60. The van der Waals surface area contributed by atoms with Crippen LogP contribution in [-0.2, 0) is 22.3 Å². The van der Waals surface area contributed by atoms with Crippen LogP contribution in [0.2, 0.25) is 0 Å². The molecule has 13 heteroatoms. The molecule has 2 amide bonds. The van der Waals surface area contributed by atoms with E-state index in [1.165, 1.54) is 12.1 Å². The van der Waals surface area contributed by atoms with Gasteiger partial charge in [-0.3, -0.25) is 14.6 Å². The van der Waals surface area contributed by atoms with E-state index < -0.39 is 22.9 Å². The second-order valence-corrected chi connectivity index (χ2v) is 14.1. The highest BCUT2D eigenvalue weighted by atomic mass is 19.4. The SMILES string of the molecule is CC(C)(C)OC(=O)N1CCN(CC2CCN(Cc3ccc(NC(=O)C4CCN(c5ccc(C#N)c(C(F)(F)F)c5)CC4)nc3)CC2)CC1. The molecule has 48 heavy (non-hydrogen) atoms. The van der Waals surface area contributed by atoms with Crippen LogP contribution >= 0.6 is 0 Å². The van der Waals surface area contributed by atoms with Crippen molar-refractivity contribution < 1.29 is 27.5 Å². The van der Waals surface area contributed by atoms with Crippen LogP contribution in [0.3, 0.4) is 0 Å². The van der Waals surface area contributed by atoms with Crippen LogP contribution in [0, 0.1) is 23.2 Å². The maximum absolute atomic E-state index is 13.4. The average Bonchev–Trinajstić information content (AvgIpc) is 3.05.